The summed E-state index contributed by atoms with van der Waals surface area (Å²) in [6, 6.07) is 15.2. The lowest BCUT2D eigenvalue weighted by atomic mass is 10.1. The van der Waals surface area contributed by atoms with Gasteiger partial charge in [-0.1, -0.05) is 17.7 Å². The molecule has 10 heteroatoms. The highest BCUT2D eigenvalue weighted by molar-refractivity contribution is 7.89. The number of nitrogens with zero attached hydrogens (tertiary/aromatic N) is 2. The Bertz CT molecular complexity index is 1460. The van der Waals surface area contributed by atoms with Crippen molar-refractivity contribution in [3.05, 3.63) is 104 Å². The lowest BCUT2D eigenvalue weighted by Gasteiger charge is -2.21. The third kappa shape index (κ3) is 4.32. The van der Waals surface area contributed by atoms with Gasteiger partial charge in [0.05, 0.1) is 22.6 Å². The summed E-state index contributed by atoms with van der Waals surface area (Å²) >= 11 is 0. The molecule has 2 heterocycles. The SMILES string of the molecule is Cc1ccc2[nH]c(=O)c(CN(Cc3ccco3)S(=O)(=O)c3cccc([N+](=O)[O-])c3)cc2c1. The van der Waals surface area contributed by atoms with Gasteiger partial charge < -0.3 is 9.40 Å². The van der Waals surface area contributed by atoms with E-state index in [2.05, 4.69) is 4.98 Å². The fraction of sp³-hybridized carbons (Fsp3) is 0.136. The molecule has 32 heavy (non-hydrogen) atoms. The topological polar surface area (TPSA) is 127 Å². The smallest absolute Gasteiger partial charge is 0.270 e. The van der Waals surface area contributed by atoms with Crippen LogP contribution in [-0.4, -0.2) is 22.6 Å². The van der Waals surface area contributed by atoms with Crippen molar-refractivity contribution >= 4 is 26.6 Å². The van der Waals surface area contributed by atoms with Crippen molar-refractivity contribution in [2.75, 3.05) is 0 Å². The maximum atomic E-state index is 13.4. The molecule has 0 unspecified atom stereocenters. The van der Waals surface area contributed by atoms with E-state index in [9.17, 15) is 23.3 Å². The van der Waals surface area contributed by atoms with E-state index in [1.807, 2.05) is 19.1 Å². The van der Waals surface area contributed by atoms with E-state index in [1.165, 1.54) is 24.5 Å². The standard InChI is InChI=1S/C22H19N3O6S/c1-15-7-8-21-16(10-15)11-17(22(26)23-21)13-24(14-19-5-3-9-31-19)32(29,30)20-6-2-4-18(12-20)25(27)28/h2-12H,13-14H2,1H3,(H,23,26). The van der Waals surface area contributed by atoms with E-state index < -0.39 is 20.5 Å². The average Bonchev–Trinajstić information content (AvgIpc) is 3.27. The molecule has 2 aromatic heterocycles. The van der Waals surface area contributed by atoms with Crippen LogP contribution in [0, 0.1) is 17.0 Å². The summed E-state index contributed by atoms with van der Waals surface area (Å²) in [4.78, 5) is 25.7. The van der Waals surface area contributed by atoms with E-state index in [0.29, 0.717) is 11.3 Å². The molecular weight excluding hydrogens is 434 g/mol. The number of fused-ring (bicyclic) bond motifs is 1. The first-order chi connectivity index (χ1) is 15.2. The van der Waals surface area contributed by atoms with E-state index in [1.54, 1.807) is 24.3 Å². The zero-order chi connectivity index (χ0) is 22.9. The molecule has 0 radical (unpaired) electrons. The number of benzene rings is 2. The Labute approximate surface area is 183 Å². The Morgan fingerprint density at radius 2 is 1.88 bits per heavy atom. The minimum Gasteiger partial charge on any atom is -0.468 e. The number of H-pyrrole nitrogens is 1. The minimum atomic E-state index is -4.19. The lowest BCUT2D eigenvalue weighted by Crippen LogP contribution is -2.32. The van der Waals surface area contributed by atoms with Crippen LogP contribution in [-0.2, 0) is 23.1 Å². The first-order valence-electron chi connectivity index (χ1n) is 9.63. The molecule has 164 valence electrons. The molecule has 0 fully saturated rings. The Morgan fingerprint density at radius 1 is 1.06 bits per heavy atom. The van der Waals surface area contributed by atoms with Gasteiger partial charge in [0.25, 0.3) is 11.2 Å². The third-order valence-electron chi connectivity index (χ3n) is 5.00. The number of pyridine rings is 1. The second-order valence-corrected chi connectivity index (χ2v) is 9.26. The zero-order valence-corrected chi connectivity index (χ0v) is 17.8. The van der Waals surface area contributed by atoms with Gasteiger partial charge >= 0.3 is 0 Å². The molecule has 0 aliphatic rings. The van der Waals surface area contributed by atoms with E-state index in [0.717, 1.165) is 21.3 Å². The summed E-state index contributed by atoms with van der Waals surface area (Å²) in [5, 5.41) is 11.9. The van der Waals surface area contributed by atoms with Crippen molar-refractivity contribution in [1.82, 2.24) is 9.29 Å². The van der Waals surface area contributed by atoms with Crippen LogP contribution in [0.5, 0.6) is 0 Å². The van der Waals surface area contributed by atoms with E-state index in [4.69, 9.17) is 4.42 Å². The Morgan fingerprint density at radius 3 is 2.59 bits per heavy atom. The van der Waals surface area contributed by atoms with Crippen molar-refractivity contribution < 1.29 is 17.8 Å². The van der Waals surface area contributed by atoms with Crippen molar-refractivity contribution in [2.45, 2.75) is 24.9 Å². The molecular formula is C22H19N3O6S. The third-order valence-corrected chi connectivity index (χ3v) is 6.79. The van der Waals surface area contributed by atoms with Gasteiger partial charge in [-0.2, -0.15) is 4.31 Å². The molecule has 0 saturated carbocycles. The lowest BCUT2D eigenvalue weighted by molar-refractivity contribution is -0.385. The second-order valence-electron chi connectivity index (χ2n) is 7.32. The fourth-order valence-corrected chi connectivity index (χ4v) is 4.81. The van der Waals surface area contributed by atoms with E-state index in [-0.39, 0.29) is 29.2 Å². The molecule has 4 rings (SSSR count). The molecule has 0 aliphatic heterocycles. The van der Waals surface area contributed by atoms with Crippen LogP contribution in [0.1, 0.15) is 16.9 Å². The molecule has 4 aromatic rings. The maximum absolute atomic E-state index is 13.4. The van der Waals surface area contributed by atoms with Crippen LogP contribution in [0.3, 0.4) is 0 Å². The van der Waals surface area contributed by atoms with Crippen LogP contribution in [0.25, 0.3) is 10.9 Å². The number of nitro benzene ring substituents is 1. The Kier molecular flexibility index (Phi) is 5.64. The number of hydrogen-bond donors (Lipinski definition) is 1. The number of nitrogens with one attached hydrogen (secondary N) is 1. The monoisotopic (exact) mass is 453 g/mol. The zero-order valence-electron chi connectivity index (χ0n) is 17.0. The number of furan rings is 1. The molecule has 0 amide bonds. The number of rotatable bonds is 7. The van der Waals surface area contributed by atoms with Gasteiger partial charge in [0.2, 0.25) is 10.0 Å². The van der Waals surface area contributed by atoms with Crippen molar-refractivity contribution in [2.24, 2.45) is 0 Å². The number of nitro groups is 1. The average molecular weight is 453 g/mol. The first-order valence-corrected chi connectivity index (χ1v) is 11.1. The molecule has 9 nitrogen and oxygen atoms in total. The molecule has 0 saturated heterocycles. The highest BCUT2D eigenvalue weighted by Crippen LogP contribution is 2.24. The largest absolute Gasteiger partial charge is 0.468 e. The van der Waals surface area contributed by atoms with E-state index >= 15 is 0 Å². The molecule has 1 N–H and O–H groups in total. The van der Waals surface area contributed by atoms with Crippen molar-refractivity contribution in [3.63, 3.8) is 0 Å². The van der Waals surface area contributed by atoms with Gasteiger partial charge in [0.15, 0.2) is 0 Å². The summed E-state index contributed by atoms with van der Waals surface area (Å²) in [5.41, 5.74) is 1.11. The predicted molar refractivity (Wildman–Crippen MR) is 118 cm³/mol. The number of aromatic amines is 1. The number of sulfonamides is 1. The van der Waals surface area contributed by atoms with Gasteiger partial charge in [0.1, 0.15) is 5.76 Å². The summed E-state index contributed by atoms with van der Waals surface area (Å²) in [7, 11) is -4.19. The minimum absolute atomic E-state index is 0.149. The van der Waals surface area contributed by atoms with Gasteiger partial charge in [-0.25, -0.2) is 8.42 Å². The Hall–Kier alpha value is -3.76. The summed E-state index contributed by atoms with van der Waals surface area (Å²) in [6.07, 6.45) is 1.42. The van der Waals surface area contributed by atoms with Crippen LogP contribution < -0.4 is 5.56 Å². The van der Waals surface area contributed by atoms with Crippen molar-refractivity contribution in [3.8, 4) is 0 Å². The summed E-state index contributed by atoms with van der Waals surface area (Å²) < 4.78 is 33.2. The number of non-ortho nitro benzene ring substituents is 1. The normalized spacial score (nSPS) is 11.8. The highest BCUT2D eigenvalue weighted by Gasteiger charge is 2.28. The van der Waals surface area contributed by atoms with Crippen LogP contribution in [0.4, 0.5) is 5.69 Å². The number of aryl methyl sites for hydroxylation is 1. The summed E-state index contributed by atoms with van der Waals surface area (Å²) in [5.74, 6) is 0.368. The number of aromatic nitrogens is 1. The van der Waals surface area contributed by atoms with Crippen LogP contribution >= 0.6 is 0 Å². The highest BCUT2D eigenvalue weighted by atomic mass is 32.2. The molecule has 0 atom stereocenters. The number of hydrogen-bond acceptors (Lipinski definition) is 6. The van der Waals surface area contributed by atoms with Gasteiger partial charge in [-0.3, -0.25) is 14.9 Å². The van der Waals surface area contributed by atoms with Gasteiger partial charge in [-0.15, -0.1) is 0 Å². The Balaban J connectivity index is 1.78. The first kappa shape index (κ1) is 21.5. The van der Waals surface area contributed by atoms with Gasteiger partial charge in [0, 0.05) is 29.8 Å². The predicted octanol–water partition coefficient (Wildman–Crippen LogP) is 3.73. The van der Waals surface area contributed by atoms with Crippen molar-refractivity contribution in [1.29, 1.82) is 0 Å². The second kappa shape index (κ2) is 8.40. The fourth-order valence-electron chi connectivity index (χ4n) is 3.39. The molecule has 2 aromatic carbocycles. The quantitative estimate of drug-likeness (QED) is 0.336. The molecule has 0 spiro atoms. The molecule has 0 aliphatic carbocycles. The maximum Gasteiger partial charge on any atom is 0.270 e. The molecule has 0 bridgehead atoms. The van der Waals surface area contributed by atoms with Crippen LogP contribution in [0.2, 0.25) is 0 Å². The van der Waals surface area contributed by atoms with Crippen LogP contribution in [0.15, 0.2) is 81.0 Å². The van der Waals surface area contributed by atoms with Gasteiger partial charge in [-0.05, 0) is 48.7 Å². The summed E-state index contributed by atoms with van der Waals surface area (Å²) in [6.45, 7) is 1.52.